The lowest BCUT2D eigenvalue weighted by molar-refractivity contribution is -0.137. The first-order valence-electron chi connectivity index (χ1n) is 10.6. The van der Waals surface area contributed by atoms with Gasteiger partial charge in [-0.15, -0.1) is 0 Å². The van der Waals surface area contributed by atoms with Crippen molar-refractivity contribution in [3.05, 3.63) is 47.0 Å². The number of aliphatic hydroxyl groups is 1. The zero-order chi connectivity index (χ0) is 19.2. The predicted molar refractivity (Wildman–Crippen MR) is 107 cm³/mol. The molecule has 0 spiro atoms. The van der Waals surface area contributed by atoms with Crippen molar-refractivity contribution in [2.75, 3.05) is 0 Å². The van der Waals surface area contributed by atoms with Crippen LogP contribution in [0.15, 0.2) is 30.4 Å². The van der Waals surface area contributed by atoms with Crippen LogP contribution in [0, 0.1) is 17.3 Å². The fourth-order valence-electron chi connectivity index (χ4n) is 6.38. The predicted octanol–water partition coefficient (Wildman–Crippen LogP) is 4.87. The van der Waals surface area contributed by atoms with E-state index in [0.29, 0.717) is 17.8 Å². The Morgan fingerprint density at radius 2 is 2.11 bits per heavy atom. The number of benzene rings is 1. The Labute approximate surface area is 162 Å². The Bertz CT molecular complexity index is 752. The van der Waals surface area contributed by atoms with Gasteiger partial charge in [0.25, 0.3) is 0 Å². The van der Waals surface area contributed by atoms with E-state index in [1.807, 2.05) is 0 Å². The monoisotopic (exact) mass is 368 g/mol. The summed E-state index contributed by atoms with van der Waals surface area (Å²) in [4.78, 5) is 10.7. The van der Waals surface area contributed by atoms with E-state index in [1.54, 1.807) is 0 Å². The highest BCUT2D eigenvalue weighted by molar-refractivity contribution is 5.66. The number of aliphatic carboxylic acids is 1. The molecule has 2 fully saturated rings. The summed E-state index contributed by atoms with van der Waals surface area (Å²) >= 11 is 0. The second kappa shape index (κ2) is 7.09. The number of carbonyl (C=O) groups is 1. The highest BCUT2D eigenvalue weighted by Crippen LogP contribution is 2.62. The molecule has 0 heterocycles. The third kappa shape index (κ3) is 3.24. The summed E-state index contributed by atoms with van der Waals surface area (Å²) < 4.78 is 0. The maximum Gasteiger partial charge on any atom is 0.303 e. The minimum absolute atomic E-state index is 0.0276. The molecule has 0 aliphatic heterocycles. The van der Waals surface area contributed by atoms with Crippen molar-refractivity contribution in [1.29, 1.82) is 0 Å². The van der Waals surface area contributed by atoms with E-state index >= 15 is 0 Å². The maximum absolute atomic E-state index is 10.7. The molecule has 2 saturated carbocycles. The molecule has 4 rings (SSSR count). The van der Waals surface area contributed by atoms with Crippen molar-refractivity contribution in [1.82, 2.24) is 0 Å². The lowest BCUT2D eigenvalue weighted by Crippen LogP contribution is -2.44. The summed E-state index contributed by atoms with van der Waals surface area (Å²) in [6.45, 7) is 6.63. The molecular formula is C24H32O3. The quantitative estimate of drug-likeness (QED) is 0.576. The number of aliphatic hydroxyl groups excluding tert-OH is 1. The fraction of sp³-hybridized carbons (Fsp3) is 0.625. The number of fused-ring (bicyclic) bond motifs is 5. The Morgan fingerprint density at radius 1 is 1.30 bits per heavy atom. The molecule has 1 aromatic carbocycles. The molecule has 2 unspecified atom stereocenters. The van der Waals surface area contributed by atoms with E-state index in [4.69, 9.17) is 5.11 Å². The maximum atomic E-state index is 10.7. The Hall–Kier alpha value is -1.61. The molecule has 0 bridgehead atoms. The van der Waals surface area contributed by atoms with Gasteiger partial charge in [-0.05, 0) is 85.8 Å². The van der Waals surface area contributed by atoms with Gasteiger partial charge in [0.2, 0.25) is 0 Å². The Balaban J connectivity index is 1.50. The number of rotatable bonds is 5. The summed E-state index contributed by atoms with van der Waals surface area (Å²) in [6.07, 6.45) is 8.08. The van der Waals surface area contributed by atoms with Gasteiger partial charge in [0.1, 0.15) is 0 Å². The molecule has 0 amide bonds. The van der Waals surface area contributed by atoms with Crippen molar-refractivity contribution in [2.24, 2.45) is 17.3 Å². The van der Waals surface area contributed by atoms with Gasteiger partial charge >= 0.3 is 5.97 Å². The van der Waals surface area contributed by atoms with Crippen LogP contribution in [-0.2, 0) is 17.6 Å². The number of carboxylic acids is 1. The lowest BCUT2D eigenvalue weighted by atomic mass is 9.55. The molecule has 3 nitrogen and oxygen atoms in total. The average molecular weight is 369 g/mol. The van der Waals surface area contributed by atoms with Crippen LogP contribution in [0.2, 0.25) is 0 Å². The fourth-order valence-corrected chi connectivity index (χ4v) is 6.38. The topological polar surface area (TPSA) is 57.5 Å². The number of hydrogen-bond acceptors (Lipinski definition) is 2. The van der Waals surface area contributed by atoms with Gasteiger partial charge in [-0.1, -0.05) is 37.3 Å². The highest BCUT2D eigenvalue weighted by atomic mass is 16.4. The van der Waals surface area contributed by atoms with Gasteiger partial charge in [-0.25, -0.2) is 0 Å². The van der Waals surface area contributed by atoms with Gasteiger partial charge in [0.15, 0.2) is 0 Å². The van der Waals surface area contributed by atoms with Crippen LogP contribution >= 0.6 is 0 Å². The second-order valence-corrected chi connectivity index (χ2v) is 9.34. The minimum atomic E-state index is -0.700. The summed E-state index contributed by atoms with van der Waals surface area (Å²) in [7, 11) is 0. The zero-order valence-corrected chi connectivity index (χ0v) is 16.4. The lowest BCUT2D eigenvalue weighted by Gasteiger charge is -2.50. The van der Waals surface area contributed by atoms with Gasteiger partial charge < -0.3 is 10.2 Å². The first-order chi connectivity index (χ1) is 12.9. The normalized spacial score (nSPS) is 34.7. The van der Waals surface area contributed by atoms with Gasteiger partial charge in [-0.2, -0.15) is 0 Å². The van der Waals surface area contributed by atoms with Crippen LogP contribution < -0.4 is 0 Å². The summed E-state index contributed by atoms with van der Waals surface area (Å²) in [5, 5.41) is 19.4. The Kier molecular flexibility index (Phi) is 4.92. The molecule has 3 heteroatoms. The molecule has 3 aliphatic rings. The molecule has 5 atom stereocenters. The smallest absolute Gasteiger partial charge is 0.303 e. The second-order valence-electron chi connectivity index (χ2n) is 9.34. The van der Waals surface area contributed by atoms with Gasteiger partial charge in [-0.3, -0.25) is 4.79 Å². The summed E-state index contributed by atoms with van der Waals surface area (Å²) in [6, 6.07) is 6.97. The molecule has 3 aliphatic carbocycles. The average Bonchev–Trinajstić information content (AvgIpc) is 2.87. The number of hydrogen-bond donors (Lipinski definition) is 2. The summed E-state index contributed by atoms with van der Waals surface area (Å²) in [5.41, 5.74) is 5.67. The van der Waals surface area contributed by atoms with Crippen molar-refractivity contribution in [3.63, 3.8) is 0 Å². The molecule has 1 aromatic rings. The van der Waals surface area contributed by atoms with E-state index in [9.17, 15) is 9.90 Å². The largest absolute Gasteiger partial charge is 0.481 e. The van der Waals surface area contributed by atoms with Crippen molar-refractivity contribution in [3.8, 4) is 0 Å². The third-order valence-corrected chi connectivity index (χ3v) is 7.77. The summed E-state index contributed by atoms with van der Waals surface area (Å²) in [5.74, 6) is 1.00. The molecule has 0 aromatic heterocycles. The van der Waals surface area contributed by atoms with E-state index in [-0.39, 0.29) is 17.9 Å². The molecule has 27 heavy (non-hydrogen) atoms. The van der Waals surface area contributed by atoms with E-state index in [1.165, 1.54) is 35.1 Å². The standard InChI is InChI=1S/C24H32O3/c1-15-13-21(25)24(2)12-11-19-18-9-7-16(5-3-4-6-22(26)27)14-17(18)8-10-20(19)23(15)24/h7,9,14,19-21,23,25H,1,3-6,8,10-13H2,2H3,(H,26,27)/t19?,20?,21-,23-,24+/m0/s1. The Morgan fingerprint density at radius 3 is 2.89 bits per heavy atom. The highest BCUT2D eigenvalue weighted by Gasteiger charge is 2.55. The van der Waals surface area contributed by atoms with Crippen LogP contribution in [0.5, 0.6) is 0 Å². The third-order valence-electron chi connectivity index (χ3n) is 7.77. The molecule has 0 saturated heterocycles. The van der Waals surface area contributed by atoms with E-state index in [0.717, 1.165) is 38.5 Å². The minimum Gasteiger partial charge on any atom is -0.481 e. The van der Waals surface area contributed by atoms with E-state index < -0.39 is 5.97 Å². The number of unbranched alkanes of at least 4 members (excludes halogenated alkanes) is 1. The molecular weight excluding hydrogens is 336 g/mol. The first kappa shape index (κ1) is 18.7. The van der Waals surface area contributed by atoms with Crippen molar-refractivity contribution in [2.45, 2.75) is 76.7 Å². The number of aryl methyl sites for hydroxylation is 2. The van der Waals surface area contributed by atoms with Crippen LogP contribution in [0.4, 0.5) is 0 Å². The van der Waals surface area contributed by atoms with Crippen molar-refractivity contribution >= 4 is 5.97 Å². The first-order valence-corrected chi connectivity index (χ1v) is 10.6. The molecule has 0 radical (unpaired) electrons. The molecule has 2 N–H and O–H groups in total. The van der Waals surface area contributed by atoms with E-state index in [2.05, 4.69) is 31.7 Å². The van der Waals surface area contributed by atoms with Crippen molar-refractivity contribution < 1.29 is 15.0 Å². The van der Waals surface area contributed by atoms with Gasteiger partial charge in [0, 0.05) is 11.8 Å². The zero-order valence-electron chi connectivity index (χ0n) is 16.4. The van der Waals surface area contributed by atoms with Crippen LogP contribution in [-0.4, -0.2) is 22.3 Å². The number of carboxylic acid groups (broad SMARTS) is 1. The van der Waals surface area contributed by atoms with Crippen LogP contribution in [0.3, 0.4) is 0 Å². The van der Waals surface area contributed by atoms with Crippen LogP contribution in [0.1, 0.15) is 74.5 Å². The van der Waals surface area contributed by atoms with Crippen LogP contribution in [0.25, 0.3) is 0 Å². The molecule has 146 valence electrons. The SMILES string of the molecule is C=C1C[C@H](O)[C@@]2(C)CCC3c4ccc(CCCCC(=O)O)cc4CCC3[C@H]12. The van der Waals surface area contributed by atoms with Gasteiger partial charge in [0.05, 0.1) is 6.10 Å².